The van der Waals surface area contributed by atoms with Crippen molar-refractivity contribution in [3.8, 4) is 0 Å². The molecule has 1 N–H and O–H groups in total. The van der Waals surface area contributed by atoms with Crippen LogP contribution in [0.5, 0.6) is 0 Å². The minimum atomic E-state index is -0.442. The maximum absolute atomic E-state index is 9.10. The average molecular weight is 278 g/mol. The highest BCUT2D eigenvalue weighted by Gasteiger charge is 2.10. The Labute approximate surface area is 117 Å². The predicted octanol–water partition coefficient (Wildman–Crippen LogP) is 1.62. The summed E-state index contributed by atoms with van der Waals surface area (Å²) in [6.07, 6.45) is -0.378. The summed E-state index contributed by atoms with van der Waals surface area (Å²) in [5.41, 5.74) is 0. The third kappa shape index (κ3) is 12.6. The van der Waals surface area contributed by atoms with Gasteiger partial charge >= 0.3 is 0 Å². The standard InChI is InChI=1S/C14H30O5/c1-6-16-8-12(3)18-10-14(5)19-9-13(4)17-7-11(2)15/h11-15H,6-10H2,1-5H3. The van der Waals surface area contributed by atoms with E-state index in [1.807, 2.05) is 27.7 Å². The second-order valence-electron chi connectivity index (χ2n) is 4.94. The van der Waals surface area contributed by atoms with Gasteiger partial charge in [-0.3, -0.25) is 0 Å². The number of rotatable bonds is 12. The highest BCUT2D eigenvalue weighted by atomic mass is 16.6. The van der Waals surface area contributed by atoms with Gasteiger partial charge < -0.3 is 24.1 Å². The topological polar surface area (TPSA) is 57.2 Å². The Balaban J connectivity index is 3.54. The first kappa shape index (κ1) is 18.8. The summed E-state index contributed by atoms with van der Waals surface area (Å²) < 4.78 is 21.9. The summed E-state index contributed by atoms with van der Waals surface area (Å²) in [4.78, 5) is 0. The van der Waals surface area contributed by atoms with E-state index in [1.165, 1.54) is 0 Å². The number of aliphatic hydroxyl groups excluding tert-OH is 1. The van der Waals surface area contributed by atoms with Crippen molar-refractivity contribution in [2.45, 2.75) is 59.0 Å². The van der Waals surface area contributed by atoms with E-state index in [0.717, 1.165) is 0 Å². The van der Waals surface area contributed by atoms with E-state index in [1.54, 1.807) is 6.92 Å². The first-order chi connectivity index (χ1) is 8.95. The molecule has 5 heteroatoms. The van der Waals surface area contributed by atoms with E-state index >= 15 is 0 Å². The predicted molar refractivity (Wildman–Crippen MR) is 74.4 cm³/mol. The van der Waals surface area contributed by atoms with Gasteiger partial charge in [0.15, 0.2) is 0 Å². The summed E-state index contributed by atoms with van der Waals surface area (Å²) in [7, 11) is 0. The highest BCUT2D eigenvalue weighted by molar-refractivity contribution is 4.55. The summed E-state index contributed by atoms with van der Waals surface area (Å²) in [5, 5.41) is 9.10. The summed E-state index contributed by atoms with van der Waals surface area (Å²) in [6.45, 7) is 12.2. The molecular weight excluding hydrogens is 248 g/mol. The van der Waals surface area contributed by atoms with Gasteiger partial charge in [-0.05, 0) is 34.6 Å². The molecule has 4 atom stereocenters. The van der Waals surface area contributed by atoms with E-state index in [9.17, 15) is 0 Å². The Morgan fingerprint density at radius 2 is 1.16 bits per heavy atom. The Hall–Kier alpha value is -0.200. The Morgan fingerprint density at radius 1 is 0.737 bits per heavy atom. The fourth-order valence-electron chi connectivity index (χ4n) is 1.33. The molecule has 0 aromatic carbocycles. The third-order valence-corrected chi connectivity index (χ3v) is 2.41. The van der Waals surface area contributed by atoms with Gasteiger partial charge in [0.2, 0.25) is 0 Å². The molecule has 0 saturated carbocycles. The molecule has 19 heavy (non-hydrogen) atoms. The molecule has 0 spiro atoms. The SMILES string of the molecule is CCOCC(C)OCC(C)OCC(C)OCC(C)O. The lowest BCUT2D eigenvalue weighted by Gasteiger charge is -2.20. The molecule has 0 aliphatic rings. The molecule has 0 aliphatic heterocycles. The lowest BCUT2D eigenvalue weighted by Crippen LogP contribution is -2.27. The van der Waals surface area contributed by atoms with Crippen LogP contribution in [0.3, 0.4) is 0 Å². The number of hydrogen-bond donors (Lipinski definition) is 1. The zero-order chi connectivity index (χ0) is 14.7. The van der Waals surface area contributed by atoms with E-state index < -0.39 is 6.10 Å². The first-order valence-electron chi connectivity index (χ1n) is 7.06. The number of hydrogen-bond acceptors (Lipinski definition) is 5. The van der Waals surface area contributed by atoms with Crippen molar-refractivity contribution in [1.29, 1.82) is 0 Å². The van der Waals surface area contributed by atoms with E-state index in [2.05, 4.69) is 0 Å². The van der Waals surface area contributed by atoms with Gasteiger partial charge in [-0.15, -0.1) is 0 Å². The summed E-state index contributed by atoms with van der Waals surface area (Å²) in [6, 6.07) is 0. The smallest absolute Gasteiger partial charge is 0.0781 e. The minimum Gasteiger partial charge on any atom is -0.391 e. The number of aliphatic hydroxyl groups is 1. The van der Waals surface area contributed by atoms with Gasteiger partial charge in [0.1, 0.15) is 0 Å². The van der Waals surface area contributed by atoms with Crippen molar-refractivity contribution < 1.29 is 24.1 Å². The lowest BCUT2D eigenvalue weighted by molar-refractivity contribution is -0.0861. The second-order valence-corrected chi connectivity index (χ2v) is 4.94. The molecule has 0 rings (SSSR count). The molecule has 0 radical (unpaired) electrons. The van der Waals surface area contributed by atoms with Crippen molar-refractivity contribution in [3.63, 3.8) is 0 Å². The molecule has 5 nitrogen and oxygen atoms in total. The monoisotopic (exact) mass is 278 g/mol. The second kappa shape index (κ2) is 11.6. The van der Waals surface area contributed by atoms with Crippen LogP contribution in [0.25, 0.3) is 0 Å². The third-order valence-electron chi connectivity index (χ3n) is 2.41. The van der Waals surface area contributed by atoms with Gasteiger partial charge in [-0.2, -0.15) is 0 Å². The quantitative estimate of drug-likeness (QED) is 0.588. The lowest BCUT2D eigenvalue weighted by atomic mass is 10.3. The van der Waals surface area contributed by atoms with Crippen molar-refractivity contribution in [3.05, 3.63) is 0 Å². The normalized spacial score (nSPS) is 18.0. The van der Waals surface area contributed by atoms with Gasteiger partial charge in [-0.25, -0.2) is 0 Å². The van der Waals surface area contributed by atoms with Gasteiger partial charge in [0, 0.05) is 6.61 Å². The molecule has 0 saturated heterocycles. The highest BCUT2D eigenvalue weighted by Crippen LogP contribution is 2.01. The molecular formula is C14H30O5. The van der Waals surface area contributed by atoms with Crippen molar-refractivity contribution in [2.24, 2.45) is 0 Å². The fourth-order valence-corrected chi connectivity index (χ4v) is 1.33. The van der Waals surface area contributed by atoms with Crippen molar-refractivity contribution in [1.82, 2.24) is 0 Å². The van der Waals surface area contributed by atoms with Crippen LogP contribution in [0.2, 0.25) is 0 Å². The molecule has 0 fully saturated rings. The Bertz CT molecular complexity index is 198. The molecule has 116 valence electrons. The van der Waals surface area contributed by atoms with Crippen LogP contribution < -0.4 is 0 Å². The molecule has 0 amide bonds. The number of ether oxygens (including phenoxy) is 4. The van der Waals surface area contributed by atoms with Gasteiger partial charge in [-0.1, -0.05) is 0 Å². The maximum atomic E-state index is 9.10. The largest absolute Gasteiger partial charge is 0.391 e. The zero-order valence-electron chi connectivity index (χ0n) is 12.9. The van der Waals surface area contributed by atoms with E-state index in [4.69, 9.17) is 24.1 Å². The van der Waals surface area contributed by atoms with E-state index in [-0.39, 0.29) is 18.3 Å². The van der Waals surface area contributed by atoms with Gasteiger partial charge in [0.05, 0.1) is 50.8 Å². The summed E-state index contributed by atoms with van der Waals surface area (Å²) >= 11 is 0. The minimum absolute atomic E-state index is 0.0154. The Morgan fingerprint density at radius 3 is 1.58 bits per heavy atom. The molecule has 0 aromatic heterocycles. The average Bonchev–Trinajstić information content (AvgIpc) is 2.37. The zero-order valence-corrected chi connectivity index (χ0v) is 12.9. The molecule has 0 aromatic rings. The molecule has 0 aliphatic carbocycles. The van der Waals surface area contributed by atoms with Crippen LogP contribution in [0, 0.1) is 0 Å². The molecule has 4 unspecified atom stereocenters. The van der Waals surface area contributed by atoms with Crippen LogP contribution in [-0.4, -0.2) is 62.6 Å². The molecule has 0 heterocycles. The Kier molecular flexibility index (Phi) is 11.5. The fraction of sp³-hybridized carbons (Fsp3) is 1.00. The van der Waals surface area contributed by atoms with Crippen molar-refractivity contribution in [2.75, 3.05) is 33.0 Å². The van der Waals surface area contributed by atoms with E-state index in [0.29, 0.717) is 33.0 Å². The van der Waals surface area contributed by atoms with Crippen LogP contribution >= 0.6 is 0 Å². The summed E-state index contributed by atoms with van der Waals surface area (Å²) in [5.74, 6) is 0. The van der Waals surface area contributed by atoms with Crippen molar-refractivity contribution >= 4 is 0 Å². The van der Waals surface area contributed by atoms with Crippen LogP contribution in [0.1, 0.15) is 34.6 Å². The van der Waals surface area contributed by atoms with Gasteiger partial charge in [0.25, 0.3) is 0 Å². The van der Waals surface area contributed by atoms with Crippen LogP contribution in [0.15, 0.2) is 0 Å². The van der Waals surface area contributed by atoms with Crippen LogP contribution in [0.4, 0.5) is 0 Å². The first-order valence-corrected chi connectivity index (χ1v) is 7.06. The maximum Gasteiger partial charge on any atom is 0.0781 e. The molecule has 0 bridgehead atoms. The van der Waals surface area contributed by atoms with Crippen LogP contribution in [-0.2, 0) is 18.9 Å².